The zero-order valence-corrected chi connectivity index (χ0v) is 13.8. The number of nitrogens with zero attached hydrogens (tertiary/aromatic N) is 2. The smallest absolute Gasteiger partial charge is 0.345 e. The second-order valence-electron chi connectivity index (χ2n) is 4.65. The number of halogens is 4. The molecule has 0 unspecified atom stereocenters. The second kappa shape index (κ2) is 7.13. The number of benzene rings is 1. The van der Waals surface area contributed by atoms with Gasteiger partial charge in [0.1, 0.15) is 11.9 Å². The number of nitriles is 1. The van der Waals surface area contributed by atoms with Crippen molar-refractivity contribution < 1.29 is 21.6 Å². The average Bonchev–Trinajstić information content (AvgIpc) is 2.55. The molecule has 0 spiro atoms. The molecule has 0 saturated carbocycles. The molecule has 130 valence electrons. The number of alkyl halides is 3. The SMILES string of the molecule is N#CC(=CNc1ccc(C(F)(F)F)cn1)S(=O)(=O)c1ccc(Cl)cc1. The minimum absolute atomic E-state index is 0.0490. The first-order valence-corrected chi connectivity index (χ1v) is 8.41. The molecule has 0 aliphatic carbocycles. The third-order valence-corrected chi connectivity index (χ3v) is 4.90. The van der Waals surface area contributed by atoms with Crippen LogP contribution in [0.5, 0.6) is 0 Å². The molecular weight excluding hydrogens is 379 g/mol. The Morgan fingerprint density at radius 1 is 1.20 bits per heavy atom. The molecule has 2 aromatic rings. The molecule has 0 aliphatic heterocycles. The zero-order valence-electron chi connectivity index (χ0n) is 12.2. The fourth-order valence-corrected chi connectivity index (χ4v) is 2.91. The van der Waals surface area contributed by atoms with Crippen LogP contribution in [0, 0.1) is 11.3 Å². The van der Waals surface area contributed by atoms with Gasteiger partial charge in [-0.05, 0) is 36.4 Å². The largest absolute Gasteiger partial charge is 0.417 e. The molecule has 5 nitrogen and oxygen atoms in total. The van der Waals surface area contributed by atoms with Crippen LogP contribution in [-0.2, 0) is 16.0 Å². The molecule has 1 aromatic carbocycles. The van der Waals surface area contributed by atoms with Crippen molar-refractivity contribution >= 4 is 27.3 Å². The average molecular weight is 388 g/mol. The number of sulfone groups is 1. The number of rotatable bonds is 4. The van der Waals surface area contributed by atoms with Crippen LogP contribution >= 0.6 is 11.6 Å². The van der Waals surface area contributed by atoms with E-state index in [4.69, 9.17) is 16.9 Å². The minimum Gasteiger partial charge on any atom is -0.345 e. The summed E-state index contributed by atoms with van der Waals surface area (Å²) in [5.41, 5.74) is -0.948. The summed E-state index contributed by atoms with van der Waals surface area (Å²) in [7, 11) is -4.10. The quantitative estimate of drug-likeness (QED) is 0.801. The highest BCUT2D eigenvalue weighted by Gasteiger charge is 2.30. The van der Waals surface area contributed by atoms with Crippen molar-refractivity contribution in [3.05, 3.63) is 64.3 Å². The molecule has 1 aromatic heterocycles. The van der Waals surface area contributed by atoms with Crippen LogP contribution in [0.3, 0.4) is 0 Å². The van der Waals surface area contributed by atoms with Crippen LogP contribution in [0.1, 0.15) is 5.56 Å². The van der Waals surface area contributed by atoms with Gasteiger partial charge in [0.15, 0.2) is 4.91 Å². The normalized spacial score (nSPS) is 12.5. The minimum atomic E-state index is -4.53. The monoisotopic (exact) mass is 387 g/mol. The number of hydrogen-bond acceptors (Lipinski definition) is 5. The van der Waals surface area contributed by atoms with Crippen LogP contribution in [0.4, 0.5) is 19.0 Å². The fourth-order valence-electron chi connectivity index (χ4n) is 1.70. The molecule has 25 heavy (non-hydrogen) atoms. The van der Waals surface area contributed by atoms with E-state index in [0.29, 0.717) is 11.2 Å². The van der Waals surface area contributed by atoms with Crippen molar-refractivity contribution in [1.82, 2.24) is 4.98 Å². The molecule has 0 atom stereocenters. The van der Waals surface area contributed by atoms with Gasteiger partial charge in [-0.15, -0.1) is 0 Å². The van der Waals surface area contributed by atoms with Gasteiger partial charge < -0.3 is 5.32 Å². The number of nitrogens with one attached hydrogen (secondary N) is 1. The Balaban J connectivity index is 2.26. The third kappa shape index (κ3) is 4.49. The van der Waals surface area contributed by atoms with E-state index in [9.17, 15) is 21.6 Å². The van der Waals surface area contributed by atoms with E-state index in [1.165, 1.54) is 30.3 Å². The summed E-state index contributed by atoms with van der Waals surface area (Å²) in [6, 6.07) is 8.51. The maximum atomic E-state index is 12.5. The topological polar surface area (TPSA) is 82.8 Å². The fraction of sp³-hybridized carbons (Fsp3) is 0.0667. The zero-order chi connectivity index (χ0) is 18.7. The summed E-state index contributed by atoms with van der Waals surface area (Å²) in [6.07, 6.45) is -3.08. The van der Waals surface area contributed by atoms with Crippen LogP contribution in [-0.4, -0.2) is 13.4 Å². The van der Waals surface area contributed by atoms with E-state index >= 15 is 0 Å². The van der Waals surface area contributed by atoms with Crippen molar-refractivity contribution in [3.63, 3.8) is 0 Å². The lowest BCUT2D eigenvalue weighted by Crippen LogP contribution is -2.07. The van der Waals surface area contributed by atoms with E-state index < -0.39 is 26.5 Å². The number of allylic oxidation sites excluding steroid dienone is 1. The first-order valence-electron chi connectivity index (χ1n) is 6.55. The molecule has 1 N–H and O–H groups in total. The molecule has 2 rings (SSSR count). The predicted molar refractivity (Wildman–Crippen MR) is 85.2 cm³/mol. The lowest BCUT2D eigenvalue weighted by Gasteiger charge is -2.07. The first kappa shape index (κ1) is 18.8. The van der Waals surface area contributed by atoms with Gasteiger partial charge in [0.25, 0.3) is 0 Å². The van der Waals surface area contributed by atoms with Crippen molar-refractivity contribution in [2.75, 3.05) is 5.32 Å². The molecule has 0 bridgehead atoms. The number of aromatic nitrogens is 1. The van der Waals surface area contributed by atoms with Crippen molar-refractivity contribution in [2.45, 2.75) is 11.1 Å². The molecule has 10 heteroatoms. The van der Waals surface area contributed by atoms with Crippen molar-refractivity contribution in [1.29, 1.82) is 5.26 Å². The lowest BCUT2D eigenvalue weighted by molar-refractivity contribution is -0.137. The Morgan fingerprint density at radius 3 is 2.32 bits per heavy atom. The van der Waals surface area contributed by atoms with Gasteiger partial charge in [0.05, 0.1) is 10.5 Å². The van der Waals surface area contributed by atoms with Gasteiger partial charge in [-0.25, -0.2) is 13.4 Å². The van der Waals surface area contributed by atoms with E-state index in [0.717, 1.165) is 18.3 Å². The van der Waals surface area contributed by atoms with Gasteiger partial charge in [-0.3, -0.25) is 0 Å². The van der Waals surface area contributed by atoms with Gasteiger partial charge in [-0.2, -0.15) is 18.4 Å². The standard InChI is InChI=1S/C15H9ClF3N3O2S/c16-11-2-4-12(5-3-11)25(23,24)13(7-20)9-22-14-6-1-10(8-21-14)15(17,18)19/h1-6,8-9H,(H,21,22). The highest BCUT2D eigenvalue weighted by atomic mass is 35.5. The van der Waals surface area contributed by atoms with Crippen LogP contribution in [0.15, 0.2) is 58.6 Å². The highest BCUT2D eigenvalue weighted by Crippen LogP contribution is 2.29. The summed E-state index contributed by atoms with van der Waals surface area (Å²) >= 11 is 5.69. The summed E-state index contributed by atoms with van der Waals surface area (Å²) in [6.45, 7) is 0. The number of anilines is 1. The third-order valence-electron chi connectivity index (χ3n) is 2.97. The Bertz CT molecular complexity index is 932. The van der Waals surface area contributed by atoms with Gasteiger partial charge in [0, 0.05) is 17.4 Å². The first-order chi connectivity index (χ1) is 11.6. The van der Waals surface area contributed by atoms with Crippen LogP contribution in [0.2, 0.25) is 5.02 Å². The lowest BCUT2D eigenvalue weighted by atomic mass is 10.3. The molecule has 0 aliphatic rings. The molecule has 0 amide bonds. The van der Waals surface area contributed by atoms with Gasteiger partial charge >= 0.3 is 6.18 Å². The molecule has 0 fully saturated rings. The Morgan fingerprint density at radius 2 is 1.84 bits per heavy atom. The van der Waals surface area contributed by atoms with E-state index in [-0.39, 0.29) is 10.7 Å². The Labute approximate surface area is 146 Å². The highest BCUT2D eigenvalue weighted by molar-refractivity contribution is 7.95. The van der Waals surface area contributed by atoms with E-state index in [1.807, 2.05) is 0 Å². The molecule has 0 radical (unpaired) electrons. The Hall–Kier alpha value is -2.57. The molecular formula is C15H9ClF3N3O2S. The van der Waals surface area contributed by atoms with E-state index in [2.05, 4.69) is 10.3 Å². The van der Waals surface area contributed by atoms with Crippen LogP contribution in [0.25, 0.3) is 0 Å². The predicted octanol–water partition coefficient (Wildman–Crippen LogP) is 4.00. The number of hydrogen-bond donors (Lipinski definition) is 1. The summed E-state index contributed by atoms with van der Waals surface area (Å²) < 4.78 is 62.0. The van der Waals surface area contributed by atoms with Crippen molar-refractivity contribution in [2.24, 2.45) is 0 Å². The maximum absolute atomic E-state index is 12.5. The maximum Gasteiger partial charge on any atom is 0.417 e. The van der Waals surface area contributed by atoms with Crippen LogP contribution < -0.4 is 5.32 Å². The summed E-state index contributed by atoms with van der Waals surface area (Å²) in [5, 5.41) is 11.8. The Kier molecular flexibility index (Phi) is 5.35. The summed E-state index contributed by atoms with van der Waals surface area (Å²) in [5.74, 6) is -0.0490. The van der Waals surface area contributed by atoms with E-state index in [1.54, 1.807) is 0 Å². The van der Waals surface area contributed by atoms with Gasteiger partial charge in [0.2, 0.25) is 9.84 Å². The molecule has 0 saturated heterocycles. The summed E-state index contributed by atoms with van der Waals surface area (Å²) in [4.78, 5) is 2.75. The molecule has 1 heterocycles. The second-order valence-corrected chi connectivity index (χ2v) is 7.01. The van der Waals surface area contributed by atoms with Crippen molar-refractivity contribution in [3.8, 4) is 6.07 Å². The number of pyridine rings is 1. The van der Waals surface area contributed by atoms with Gasteiger partial charge in [-0.1, -0.05) is 11.6 Å².